The lowest BCUT2D eigenvalue weighted by atomic mass is 10.1. The van der Waals surface area contributed by atoms with Crippen molar-refractivity contribution in [3.63, 3.8) is 0 Å². The first-order chi connectivity index (χ1) is 10.1. The van der Waals surface area contributed by atoms with E-state index in [1.54, 1.807) is 0 Å². The Hall–Kier alpha value is -1.32. The maximum atomic E-state index is 3.72. The predicted octanol–water partition coefficient (Wildman–Crippen LogP) is 5.11. The second-order valence-electron chi connectivity index (χ2n) is 5.40. The van der Waals surface area contributed by atoms with Gasteiger partial charge in [0.25, 0.3) is 0 Å². The SMILES string of the molecule is CCN(c1ccccc1)c1ccc(CNC(C)C)cc1Br. The molecule has 21 heavy (non-hydrogen) atoms. The number of nitrogens with zero attached hydrogens (tertiary/aromatic N) is 1. The molecule has 2 nitrogen and oxygen atoms in total. The number of rotatable bonds is 6. The molecule has 2 aromatic rings. The van der Waals surface area contributed by atoms with Gasteiger partial charge in [-0.05, 0) is 52.7 Å². The van der Waals surface area contributed by atoms with E-state index in [0.717, 1.165) is 17.6 Å². The molecule has 0 aliphatic carbocycles. The van der Waals surface area contributed by atoms with E-state index in [0.29, 0.717) is 6.04 Å². The standard InChI is InChI=1S/C18H23BrN2/c1-4-21(16-8-6-5-7-9-16)18-11-10-15(12-17(18)19)13-20-14(2)3/h5-12,14,20H,4,13H2,1-3H3. The predicted molar refractivity (Wildman–Crippen MR) is 95.2 cm³/mol. The number of nitrogens with one attached hydrogen (secondary N) is 1. The summed E-state index contributed by atoms with van der Waals surface area (Å²) in [5, 5.41) is 3.45. The van der Waals surface area contributed by atoms with Crippen LogP contribution in [0.15, 0.2) is 53.0 Å². The molecule has 0 unspecified atom stereocenters. The van der Waals surface area contributed by atoms with Gasteiger partial charge in [-0.3, -0.25) is 0 Å². The van der Waals surface area contributed by atoms with Crippen molar-refractivity contribution in [3.8, 4) is 0 Å². The molecule has 0 fully saturated rings. The second kappa shape index (κ2) is 7.62. The fourth-order valence-corrected chi connectivity index (χ4v) is 2.94. The summed E-state index contributed by atoms with van der Waals surface area (Å²) in [5.74, 6) is 0. The lowest BCUT2D eigenvalue weighted by Crippen LogP contribution is -2.22. The number of anilines is 2. The fraction of sp³-hybridized carbons (Fsp3) is 0.333. The molecule has 2 rings (SSSR count). The lowest BCUT2D eigenvalue weighted by molar-refractivity contribution is 0.589. The Morgan fingerprint density at radius 3 is 2.38 bits per heavy atom. The topological polar surface area (TPSA) is 15.3 Å². The minimum absolute atomic E-state index is 0.500. The van der Waals surface area contributed by atoms with Gasteiger partial charge in [0.05, 0.1) is 5.69 Å². The third kappa shape index (κ3) is 4.32. The first kappa shape index (κ1) is 16.1. The van der Waals surface area contributed by atoms with Crippen LogP contribution in [-0.4, -0.2) is 12.6 Å². The highest BCUT2D eigenvalue weighted by Gasteiger charge is 2.11. The molecule has 0 radical (unpaired) electrons. The van der Waals surface area contributed by atoms with Gasteiger partial charge in [0.1, 0.15) is 0 Å². The second-order valence-corrected chi connectivity index (χ2v) is 6.26. The van der Waals surface area contributed by atoms with Crippen molar-refractivity contribution in [3.05, 3.63) is 58.6 Å². The Bertz CT molecular complexity index is 567. The smallest absolute Gasteiger partial charge is 0.0555 e. The van der Waals surface area contributed by atoms with Crippen LogP contribution in [0.1, 0.15) is 26.3 Å². The molecule has 0 aliphatic rings. The molecule has 0 saturated carbocycles. The molecule has 2 aromatic carbocycles. The van der Waals surface area contributed by atoms with Gasteiger partial charge < -0.3 is 10.2 Å². The Labute approximate surface area is 136 Å². The molecule has 0 heterocycles. The monoisotopic (exact) mass is 346 g/mol. The lowest BCUT2D eigenvalue weighted by Gasteiger charge is -2.25. The fourth-order valence-electron chi connectivity index (χ4n) is 2.30. The molecular weight excluding hydrogens is 324 g/mol. The van der Waals surface area contributed by atoms with Gasteiger partial charge in [-0.2, -0.15) is 0 Å². The van der Waals surface area contributed by atoms with Gasteiger partial charge in [-0.1, -0.05) is 38.1 Å². The van der Waals surface area contributed by atoms with Crippen LogP contribution >= 0.6 is 15.9 Å². The maximum Gasteiger partial charge on any atom is 0.0555 e. The van der Waals surface area contributed by atoms with Crippen LogP contribution in [0, 0.1) is 0 Å². The third-order valence-electron chi connectivity index (χ3n) is 3.40. The van der Waals surface area contributed by atoms with E-state index < -0.39 is 0 Å². The first-order valence-corrected chi connectivity index (χ1v) is 8.25. The van der Waals surface area contributed by atoms with E-state index >= 15 is 0 Å². The number of para-hydroxylation sites is 1. The van der Waals surface area contributed by atoms with E-state index in [-0.39, 0.29) is 0 Å². The van der Waals surface area contributed by atoms with E-state index in [2.05, 4.69) is 89.4 Å². The van der Waals surface area contributed by atoms with Crippen molar-refractivity contribution < 1.29 is 0 Å². The summed E-state index contributed by atoms with van der Waals surface area (Å²) in [7, 11) is 0. The van der Waals surface area contributed by atoms with Crippen LogP contribution in [0.3, 0.4) is 0 Å². The molecule has 0 aromatic heterocycles. The van der Waals surface area contributed by atoms with Gasteiger partial charge in [-0.25, -0.2) is 0 Å². The molecule has 112 valence electrons. The minimum atomic E-state index is 0.500. The largest absolute Gasteiger partial charge is 0.341 e. The van der Waals surface area contributed by atoms with Crippen molar-refractivity contribution >= 4 is 27.3 Å². The van der Waals surface area contributed by atoms with Crippen LogP contribution in [0.4, 0.5) is 11.4 Å². The van der Waals surface area contributed by atoms with Gasteiger partial charge in [0.15, 0.2) is 0 Å². The normalized spacial score (nSPS) is 10.9. The van der Waals surface area contributed by atoms with Crippen molar-refractivity contribution in [2.75, 3.05) is 11.4 Å². The van der Waals surface area contributed by atoms with E-state index in [4.69, 9.17) is 0 Å². The summed E-state index contributed by atoms with van der Waals surface area (Å²) in [6.45, 7) is 8.34. The van der Waals surface area contributed by atoms with Gasteiger partial charge in [-0.15, -0.1) is 0 Å². The van der Waals surface area contributed by atoms with Crippen LogP contribution in [-0.2, 0) is 6.54 Å². The highest BCUT2D eigenvalue weighted by atomic mass is 79.9. The molecule has 0 amide bonds. The molecule has 1 N–H and O–H groups in total. The van der Waals surface area contributed by atoms with Gasteiger partial charge in [0, 0.05) is 29.3 Å². The van der Waals surface area contributed by atoms with Crippen molar-refractivity contribution in [2.24, 2.45) is 0 Å². The molecule has 3 heteroatoms. The van der Waals surface area contributed by atoms with E-state index in [1.165, 1.54) is 16.9 Å². The maximum absolute atomic E-state index is 3.72. The average molecular weight is 347 g/mol. The number of hydrogen-bond acceptors (Lipinski definition) is 2. The van der Waals surface area contributed by atoms with E-state index in [1.807, 2.05) is 6.07 Å². The van der Waals surface area contributed by atoms with Gasteiger partial charge >= 0.3 is 0 Å². The van der Waals surface area contributed by atoms with Crippen LogP contribution < -0.4 is 10.2 Å². The Morgan fingerprint density at radius 2 is 1.81 bits per heavy atom. The number of halogens is 1. The Balaban J connectivity index is 2.23. The number of hydrogen-bond donors (Lipinski definition) is 1. The van der Waals surface area contributed by atoms with Crippen LogP contribution in [0.25, 0.3) is 0 Å². The summed E-state index contributed by atoms with van der Waals surface area (Å²) >= 11 is 3.72. The zero-order valence-electron chi connectivity index (χ0n) is 12.9. The quantitative estimate of drug-likeness (QED) is 0.782. The molecule has 0 spiro atoms. The number of benzene rings is 2. The summed E-state index contributed by atoms with van der Waals surface area (Å²) < 4.78 is 1.14. The summed E-state index contributed by atoms with van der Waals surface area (Å²) in [6, 6.07) is 17.6. The van der Waals surface area contributed by atoms with Crippen LogP contribution in [0.5, 0.6) is 0 Å². The third-order valence-corrected chi connectivity index (χ3v) is 4.04. The Kier molecular flexibility index (Phi) is 5.83. The highest BCUT2D eigenvalue weighted by molar-refractivity contribution is 9.10. The molecule has 0 atom stereocenters. The van der Waals surface area contributed by atoms with Crippen molar-refractivity contribution in [1.82, 2.24) is 5.32 Å². The molecule has 0 saturated heterocycles. The van der Waals surface area contributed by atoms with Crippen LogP contribution in [0.2, 0.25) is 0 Å². The molecule has 0 bridgehead atoms. The molecule has 0 aliphatic heterocycles. The van der Waals surface area contributed by atoms with Gasteiger partial charge in [0.2, 0.25) is 0 Å². The zero-order chi connectivity index (χ0) is 15.2. The molecular formula is C18H23BrN2. The summed E-state index contributed by atoms with van der Waals surface area (Å²) in [6.07, 6.45) is 0. The van der Waals surface area contributed by atoms with Crippen molar-refractivity contribution in [1.29, 1.82) is 0 Å². The highest BCUT2D eigenvalue weighted by Crippen LogP contribution is 2.32. The Morgan fingerprint density at radius 1 is 1.10 bits per heavy atom. The summed E-state index contributed by atoms with van der Waals surface area (Å²) in [4.78, 5) is 2.31. The summed E-state index contributed by atoms with van der Waals surface area (Å²) in [5.41, 5.74) is 3.72. The van der Waals surface area contributed by atoms with E-state index in [9.17, 15) is 0 Å². The average Bonchev–Trinajstić information content (AvgIpc) is 2.49. The zero-order valence-corrected chi connectivity index (χ0v) is 14.5. The first-order valence-electron chi connectivity index (χ1n) is 7.46. The van der Waals surface area contributed by atoms with Crippen molar-refractivity contribution in [2.45, 2.75) is 33.4 Å². The minimum Gasteiger partial charge on any atom is -0.341 e.